The van der Waals surface area contributed by atoms with E-state index in [1.54, 1.807) is 30.3 Å². The maximum absolute atomic E-state index is 14.0. The SMILES string of the molecule is O=C1NC2(CC1(F)F)c1ccccc1Oc1ncc(Br)cc12. The number of nitrogens with one attached hydrogen (secondary N) is 1. The minimum absolute atomic E-state index is 0.222. The number of benzene rings is 1. The molecular formula is C15H9BrF2N2O2. The highest BCUT2D eigenvalue weighted by Crippen LogP contribution is 2.53. The molecule has 1 saturated heterocycles. The predicted molar refractivity (Wildman–Crippen MR) is 76.9 cm³/mol. The van der Waals surface area contributed by atoms with Crippen LogP contribution in [0.15, 0.2) is 41.0 Å². The first kappa shape index (κ1) is 13.6. The average Bonchev–Trinajstić information content (AvgIpc) is 2.71. The maximum atomic E-state index is 14.0. The van der Waals surface area contributed by atoms with Crippen molar-refractivity contribution in [1.82, 2.24) is 10.3 Å². The summed E-state index contributed by atoms with van der Waals surface area (Å²) in [5.41, 5.74) is -0.402. The van der Waals surface area contributed by atoms with Gasteiger partial charge in [-0.25, -0.2) is 4.98 Å². The molecule has 2 aliphatic rings. The molecule has 4 nitrogen and oxygen atoms in total. The smallest absolute Gasteiger partial charge is 0.327 e. The third-order valence-electron chi connectivity index (χ3n) is 3.98. The highest BCUT2D eigenvalue weighted by atomic mass is 79.9. The van der Waals surface area contributed by atoms with Gasteiger partial charge >= 0.3 is 5.92 Å². The molecule has 1 atom stereocenters. The Morgan fingerprint density at radius 3 is 2.77 bits per heavy atom. The van der Waals surface area contributed by atoms with Gasteiger partial charge in [0.05, 0.1) is 6.42 Å². The van der Waals surface area contributed by atoms with Gasteiger partial charge in [0.1, 0.15) is 11.3 Å². The molecule has 1 fully saturated rings. The molecule has 112 valence electrons. The van der Waals surface area contributed by atoms with Crippen LogP contribution in [0.2, 0.25) is 0 Å². The third-order valence-corrected chi connectivity index (χ3v) is 4.41. The number of amides is 1. The summed E-state index contributed by atoms with van der Waals surface area (Å²) < 4.78 is 34.3. The van der Waals surface area contributed by atoms with Gasteiger partial charge < -0.3 is 10.1 Å². The highest BCUT2D eigenvalue weighted by molar-refractivity contribution is 9.10. The number of nitrogens with zero attached hydrogens (tertiary/aromatic N) is 1. The molecule has 1 amide bonds. The molecule has 1 spiro atoms. The lowest BCUT2D eigenvalue weighted by molar-refractivity contribution is -0.139. The number of ether oxygens (including phenoxy) is 1. The average molecular weight is 367 g/mol. The number of rotatable bonds is 0. The van der Waals surface area contributed by atoms with Gasteiger partial charge in [0, 0.05) is 21.8 Å². The summed E-state index contributed by atoms with van der Waals surface area (Å²) in [7, 11) is 0. The van der Waals surface area contributed by atoms with Crippen molar-refractivity contribution in [3.8, 4) is 11.6 Å². The quantitative estimate of drug-likeness (QED) is 0.777. The number of hydrogen-bond donors (Lipinski definition) is 1. The van der Waals surface area contributed by atoms with E-state index in [1.165, 1.54) is 6.20 Å². The number of aromatic nitrogens is 1. The topological polar surface area (TPSA) is 51.2 Å². The van der Waals surface area contributed by atoms with Crippen LogP contribution in [0.4, 0.5) is 8.78 Å². The molecule has 7 heteroatoms. The number of halogens is 3. The van der Waals surface area contributed by atoms with Crippen molar-refractivity contribution in [1.29, 1.82) is 0 Å². The number of hydrogen-bond acceptors (Lipinski definition) is 3. The summed E-state index contributed by atoms with van der Waals surface area (Å²) in [5, 5.41) is 2.47. The van der Waals surface area contributed by atoms with Crippen molar-refractivity contribution in [2.45, 2.75) is 17.9 Å². The maximum Gasteiger partial charge on any atom is 0.327 e. The van der Waals surface area contributed by atoms with Gasteiger partial charge in [-0.3, -0.25) is 4.79 Å². The van der Waals surface area contributed by atoms with Crippen LogP contribution >= 0.6 is 15.9 Å². The summed E-state index contributed by atoms with van der Waals surface area (Å²) in [5.74, 6) is -4.08. The lowest BCUT2D eigenvalue weighted by Crippen LogP contribution is -2.42. The van der Waals surface area contributed by atoms with Gasteiger partial charge in [-0.05, 0) is 28.1 Å². The summed E-state index contributed by atoms with van der Waals surface area (Å²) >= 11 is 3.29. The zero-order valence-corrected chi connectivity index (χ0v) is 12.7. The number of carbonyl (C=O) groups is 1. The van der Waals surface area contributed by atoms with Crippen LogP contribution < -0.4 is 10.1 Å². The summed E-state index contributed by atoms with van der Waals surface area (Å²) in [6.45, 7) is 0. The lowest BCUT2D eigenvalue weighted by atomic mass is 9.79. The summed E-state index contributed by atoms with van der Waals surface area (Å²) in [6, 6.07) is 8.47. The second-order valence-electron chi connectivity index (χ2n) is 5.35. The zero-order valence-electron chi connectivity index (χ0n) is 11.1. The van der Waals surface area contributed by atoms with E-state index in [0.29, 0.717) is 21.3 Å². The van der Waals surface area contributed by atoms with Crippen molar-refractivity contribution in [3.05, 3.63) is 52.1 Å². The minimum atomic E-state index is -3.44. The van der Waals surface area contributed by atoms with Crippen LogP contribution in [0, 0.1) is 0 Å². The predicted octanol–water partition coefficient (Wildman–Crippen LogP) is 3.35. The van der Waals surface area contributed by atoms with Crippen molar-refractivity contribution in [3.63, 3.8) is 0 Å². The van der Waals surface area contributed by atoms with Gasteiger partial charge in [0.2, 0.25) is 5.88 Å². The fraction of sp³-hybridized carbons (Fsp3) is 0.200. The van der Waals surface area contributed by atoms with Crippen molar-refractivity contribution >= 4 is 21.8 Å². The van der Waals surface area contributed by atoms with Gasteiger partial charge in [0.15, 0.2) is 0 Å². The molecule has 4 rings (SSSR count). The first-order chi connectivity index (χ1) is 10.4. The standard InChI is InChI=1S/C15H9BrF2N2O2/c16-8-5-10-12(19-6-8)22-11-4-2-1-3-9(11)14(10)7-15(17,18)13(21)20-14/h1-6H,7H2,(H,20,21). The Balaban J connectivity index is 2.02. The Hall–Kier alpha value is -2.02. The van der Waals surface area contributed by atoms with E-state index in [1.807, 2.05) is 0 Å². The fourth-order valence-corrected chi connectivity index (χ4v) is 3.37. The largest absolute Gasteiger partial charge is 0.438 e. The van der Waals surface area contributed by atoms with E-state index in [2.05, 4.69) is 26.2 Å². The molecule has 0 radical (unpaired) electrons. The monoisotopic (exact) mass is 366 g/mol. The highest BCUT2D eigenvalue weighted by Gasteiger charge is 2.60. The minimum Gasteiger partial charge on any atom is -0.438 e. The van der Waals surface area contributed by atoms with Crippen LogP contribution in [-0.4, -0.2) is 16.8 Å². The van der Waals surface area contributed by atoms with Gasteiger partial charge in [-0.15, -0.1) is 0 Å². The lowest BCUT2D eigenvalue weighted by Gasteiger charge is -2.36. The molecule has 3 heterocycles. The molecule has 2 aromatic rings. The zero-order chi connectivity index (χ0) is 15.5. The Bertz CT molecular complexity index is 812. The molecule has 0 bridgehead atoms. The van der Waals surface area contributed by atoms with Crippen LogP contribution in [0.3, 0.4) is 0 Å². The van der Waals surface area contributed by atoms with E-state index in [-0.39, 0.29) is 5.88 Å². The molecule has 2 aliphatic heterocycles. The summed E-state index contributed by atoms with van der Waals surface area (Å²) in [4.78, 5) is 15.9. The molecule has 1 unspecified atom stereocenters. The Labute approximate surface area is 132 Å². The molecule has 22 heavy (non-hydrogen) atoms. The second-order valence-corrected chi connectivity index (χ2v) is 6.26. The van der Waals surface area contributed by atoms with E-state index < -0.39 is 23.8 Å². The van der Waals surface area contributed by atoms with Crippen LogP contribution in [0.25, 0.3) is 0 Å². The fourth-order valence-electron chi connectivity index (χ4n) is 3.04. The van der Waals surface area contributed by atoms with E-state index in [9.17, 15) is 13.6 Å². The Kier molecular flexibility index (Phi) is 2.64. The van der Waals surface area contributed by atoms with Crippen LogP contribution in [-0.2, 0) is 10.3 Å². The number of fused-ring (bicyclic) bond motifs is 4. The summed E-state index contributed by atoms with van der Waals surface area (Å²) in [6.07, 6.45) is 0.861. The van der Waals surface area contributed by atoms with Crippen LogP contribution in [0.5, 0.6) is 11.6 Å². The van der Waals surface area contributed by atoms with Crippen LogP contribution in [0.1, 0.15) is 17.5 Å². The van der Waals surface area contributed by atoms with E-state index >= 15 is 0 Å². The molecular weight excluding hydrogens is 358 g/mol. The first-order valence-electron chi connectivity index (χ1n) is 6.56. The van der Waals surface area contributed by atoms with Crippen molar-refractivity contribution < 1.29 is 18.3 Å². The molecule has 0 saturated carbocycles. The van der Waals surface area contributed by atoms with Crippen molar-refractivity contribution in [2.75, 3.05) is 0 Å². The van der Waals surface area contributed by atoms with Gasteiger partial charge in [-0.1, -0.05) is 18.2 Å². The Morgan fingerprint density at radius 2 is 2.05 bits per heavy atom. The molecule has 1 aromatic carbocycles. The second kappa shape index (κ2) is 4.25. The van der Waals surface area contributed by atoms with Gasteiger partial charge in [-0.2, -0.15) is 8.78 Å². The van der Waals surface area contributed by atoms with Crippen molar-refractivity contribution in [2.24, 2.45) is 0 Å². The first-order valence-corrected chi connectivity index (χ1v) is 7.35. The number of alkyl halides is 2. The molecule has 1 aromatic heterocycles. The Morgan fingerprint density at radius 1 is 1.27 bits per heavy atom. The molecule has 1 N–H and O–H groups in total. The number of para-hydroxylation sites is 1. The number of pyridine rings is 1. The normalized spacial score (nSPS) is 24.4. The van der Waals surface area contributed by atoms with Gasteiger partial charge in [0.25, 0.3) is 5.91 Å². The van der Waals surface area contributed by atoms with E-state index in [4.69, 9.17) is 4.74 Å². The third kappa shape index (κ3) is 1.71. The number of carbonyl (C=O) groups excluding carboxylic acids is 1. The van der Waals surface area contributed by atoms with E-state index in [0.717, 1.165) is 0 Å². The molecule has 0 aliphatic carbocycles.